The molecule has 0 aliphatic rings. The summed E-state index contributed by atoms with van der Waals surface area (Å²) < 4.78 is 62.0. The standard InChI is InChI=1S/C17H17F3N2O3S/c1-26(24,25)22-10-9-21-16(23)14-4-2-3-13(11-14)12-5-7-15(8-6-12)17(18,19)20/h2-8,11H,9-10H2,1H3,(H2-,21,22,23,24,25). The lowest BCUT2D eigenvalue weighted by molar-refractivity contribution is -0.137. The molecule has 1 atom stereocenters. The molecule has 1 unspecified atom stereocenters. The van der Waals surface area contributed by atoms with Gasteiger partial charge in [-0.3, -0.25) is 4.79 Å². The SMILES string of the molecule is C[S+](=O)([O-])NCCNC(=O)c1cccc(-c2ccc(C(F)(F)F)cc2)c1. The van der Waals surface area contributed by atoms with Gasteiger partial charge in [-0.05, 0) is 35.4 Å². The Morgan fingerprint density at radius 1 is 1.08 bits per heavy atom. The molecular weight excluding hydrogens is 369 g/mol. The Hall–Kier alpha value is -2.23. The van der Waals surface area contributed by atoms with Gasteiger partial charge in [0.15, 0.2) is 0 Å². The van der Waals surface area contributed by atoms with E-state index in [0.717, 1.165) is 18.4 Å². The summed E-state index contributed by atoms with van der Waals surface area (Å²) >= 11 is 0. The predicted octanol–water partition coefficient (Wildman–Crippen LogP) is 2.87. The summed E-state index contributed by atoms with van der Waals surface area (Å²) in [7, 11) is -3.32. The van der Waals surface area contributed by atoms with Gasteiger partial charge in [0.25, 0.3) is 5.91 Å². The summed E-state index contributed by atoms with van der Waals surface area (Å²) in [6, 6.07) is 11.1. The van der Waals surface area contributed by atoms with Gasteiger partial charge in [-0.2, -0.15) is 13.2 Å². The van der Waals surface area contributed by atoms with Crippen LogP contribution in [0.15, 0.2) is 48.5 Å². The lowest BCUT2D eigenvalue weighted by Gasteiger charge is -2.11. The summed E-state index contributed by atoms with van der Waals surface area (Å²) in [6.07, 6.45) is -3.39. The second-order valence-electron chi connectivity index (χ2n) is 5.58. The number of sulfonamides is 1. The zero-order chi connectivity index (χ0) is 19.4. The minimum Gasteiger partial charge on any atom is -0.598 e. The van der Waals surface area contributed by atoms with E-state index < -0.39 is 28.0 Å². The highest BCUT2D eigenvalue weighted by molar-refractivity contribution is 7.95. The average Bonchev–Trinajstić information content (AvgIpc) is 2.57. The molecule has 2 rings (SSSR count). The van der Waals surface area contributed by atoms with Gasteiger partial charge in [0.05, 0.1) is 12.1 Å². The molecule has 1 amide bonds. The highest BCUT2D eigenvalue weighted by atomic mass is 32.3. The minimum absolute atomic E-state index is 0.0587. The molecule has 0 aromatic heterocycles. The van der Waals surface area contributed by atoms with Crippen LogP contribution in [0.2, 0.25) is 0 Å². The number of benzene rings is 2. The maximum atomic E-state index is 12.6. The molecule has 0 fully saturated rings. The van der Waals surface area contributed by atoms with Crippen LogP contribution < -0.4 is 10.0 Å². The number of carbonyl (C=O) groups is 1. The summed E-state index contributed by atoms with van der Waals surface area (Å²) in [4.78, 5) is 12.1. The van der Waals surface area contributed by atoms with Crippen LogP contribution in [-0.2, 0) is 20.8 Å². The second-order valence-corrected chi connectivity index (χ2v) is 7.41. The van der Waals surface area contributed by atoms with Crippen molar-refractivity contribution in [1.29, 1.82) is 0 Å². The third-order valence-corrected chi connectivity index (χ3v) is 4.17. The van der Waals surface area contributed by atoms with E-state index in [1.807, 2.05) is 0 Å². The first-order valence-electron chi connectivity index (χ1n) is 7.57. The van der Waals surface area contributed by atoms with Gasteiger partial charge in [0.2, 0.25) is 0 Å². The number of hydrogen-bond donors (Lipinski definition) is 2. The lowest BCUT2D eigenvalue weighted by atomic mass is 10.0. The van der Waals surface area contributed by atoms with E-state index in [1.54, 1.807) is 24.3 Å². The van der Waals surface area contributed by atoms with Gasteiger partial charge < -0.3 is 9.87 Å². The molecule has 0 spiro atoms. The monoisotopic (exact) mass is 386 g/mol. The molecule has 2 aromatic carbocycles. The molecule has 9 heteroatoms. The number of rotatable bonds is 6. The van der Waals surface area contributed by atoms with Crippen molar-refractivity contribution in [2.24, 2.45) is 0 Å². The van der Waals surface area contributed by atoms with Crippen molar-refractivity contribution in [2.45, 2.75) is 6.18 Å². The zero-order valence-corrected chi connectivity index (χ0v) is 14.6. The number of hydrogen-bond acceptors (Lipinski definition) is 3. The highest BCUT2D eigenvalue weighted by Gasteiger charge is 2.29. The summed E-state index contributed by atoms with van der Waals surface area (Å²) in [5.41, 5.74) is 0.724. The van der Waals surface area contributed by atoms with Gasteiger partial charge in [0.1, 0.15) is 16.7 Å². The van der Waals surface area contributed by atoms with Crippen molar-refractivity contribution in [3.05, 3.63) is 59.7 Å². The van der Waals surface area contributed by atoms with Gasteiger partial charge in [-0.15, -0.1) is 4.72 Å². The van der Waals surface area contributed by atoms with Crippen LogP contribution in [0.25, 0.3) is 11.1 Å². The molecule has 0 radical (unpaired) electrons. The van der Waals surface area contributed by atoms with Crippen molar-refractivity contribution in [3.8, 4) is 11.1 Å². The fourth-order valence-electron chi connectivity index (χ4n) is 2.21. The largest absolute Gasteiger partial charge is 0.598 e. The van der Waals surface area contributed by atoms with Gasteiger partial charge >= 0.3 is 6.18 Å². The van der Waals surface area contributed by atoms with Crippen LogP contribution >= 0.6 is 0 Å². The Labute approximate surface area is 150 Å². The van der Waals surface area contributed by atoms with Crippen LogP contribution in [0.3, 0.4) is 0 Å². The van der Waals surface area contributed by atoms with E-state index in [0.29, 0.717) is 16.7 Å². The lowest BCUT2D eigenvalue weighted by Crippen LogP contribution is -2.36. The van der Waals surface area contributed by atoms with E-state index in [-0.39, 0.29) is 13.1 Å². The zero-order valence-electron chi connectivity index (χ0n) is 13.8. The molecule has 0 bridgehead atoms. The maximum absolute atomic E-state index is 12.6. The average molecular weight is 386 g/mol. The van der Waals surface area contributed by atoms with Crippen LogP contribution in [0, 0.1) is 0 Å². The molecule has 2 aromatic rings. The van der Waals surface area contributed by atoms with Crippen LogP contribution in [0.4, 0.5) is 13.2 Å². The van der Waals surface area contributed by atoms with Crippen molar-refractivity contribution >= 4 is 16.3 Å². The molecule has 0 saturated carbocycles. The summed E-state index contributed by atoms with van der Waals surface area (Å²) in [6.45, 7) is 0.166. The van der Waals surface area contributed by atoms with E-state index in [9.17, 15) is 26.7 Å². The highest BCUT2D eigenvalue weighted by Crippen LogP contribution is 2.31. The Morgan fingerprint density at radius 3 is 2.31 bits per heavy atom. The fourth-order valence-corrected chi connectivity index (χ4v) is 2.68. The molecule has 2 N–H and O–H groups in total. The number of nitrogens with one attached hydrogen (secondary N) is 2. The summed E-state index contributed by atoms with van der Waals surface area (Å²) in [5.74, 6) is -0.408. The quantitative estimate of drug-likeness (QED) is 0.592. The van der Waals surface area contributed by atoms with Crippen LogP contribution in [0.5, 0.6) is 0 Å². The van der Waals surface area contributed by atoms with Gasteiger partial charge in [-0.25, -0.2) is 0 Å². The van der Waals surface area contributed by atoms with E-state index >= 15 is 0 Å². The Morgan fingerprint density at radius 2 is 1.73 bits per heavy atom. The topological polar surface area (TPSA) is 81.3 Å². The van der Waals surface area contributed by atoms with E-state index in [1.165, 1.54) is 12.1 Å². The van der Waals surface area contributed by atoms with E-state index in [2.05, 4.69) is 10.0 Å². The van der Waals surface area contributed by atoms with Crippen molar-refractivity contribution in [3.63, 3.8) is 0 Å². The first-order chi connectivity index (χ1) is 12.1. The van der Waals surface area contributed by atoms with Crippen LogP contribution in [-0.4, -0.2) is 29.8 Å². The molecule has 0 aliphatic carbocycles. The first-order valence-corrected chi connectivity index (χ1v) is 9.46. The molecular formula is C17H17F3N2O3S. The molecule has 5 nitrogen and oxygen atoms in total. The third kappa shape index (κ3) is 5.94. The fraction of sp³-hybridized carbons (Fsp3) is 0.235. The van der Waals surface area contributed by atoms with Crippen molar-refractivity contribution in [2.75, 3.05) is 19.3 Å². The molecule has 26 heavy (non-hydrogen) atoms. The first kappa shape index (κ1) is 20.1. The van der Waals surface area contributed by atoms with Gasteiger partial charge in [-0.1, -0.05) is 28.5 Å². The number of alkyl halides is 3. The second kappa shape index (κ2) is 7.98. The number of carbonyl (C=O) groups excluding carboxylic acids is 1. The van der Waals surface area contributed by atoms with Crippen molar-refractivity contribution < 1.29 is 26.7 Å². The molecule has 140 valence electrons. The maximum Gasteiger partial charge on any atom is 0.416 e. The minimum atomic E-state index is -4.40. The Bertz CT molecular complexity index is 817. The van der Waals surface area contributed by atoms with Crippen LogP contribution in [0.1, 0.15) is 15.9 Å². The van der Waals surface area contributed by atoms with Gasteiger partial charge in [0, 0.05) is 12.1 Å². The Balaban J connectivity index is 2.05. The number of halogens is 3. The van der Waals surface area contributed by atoms with Crippen molar-refractivity contribution in [1.82, 2.24) is 10.0 Å². The summed E-state index contributed by atoms with van der Waals surface area (Å²) in [5, 5.41) is 2.56. The normalized spacial score (nSPS) is 13.9. The molecule has 0 aliphatic heterocycles. The predicted molar refractivity (Wildman–Crippen MR) is 92.0 cm³/mol. The molecule has 0 saturated heterocycles. The Kier molecular flexibility index (Phi) is 6.17. The van der Waals surface area contributed by atoms with E-state index in [4.69, 9.17) is 0 Å². The third-order valence-electron chi connectivity index (χ3n) is 3.45. The number of amides is 1. The smallest absolute Gasteiger partial charge is 0.416 e. The molecule has 0 heterocycles.